The van der Waals surface area contributed by atoms with E-state index in [0.29, 0.717) is 17.4 Å². The number of carbonyl (C=O) groups is 2. The minimum atomic E-state index is -0.400. The van der Waals surface area contributed by atoms with Crippen molar-refractivity contribution in [1.82, 2.24) is 5.32 Å². The predicted molar refractivity (Wildman–Crippen MR) is 140 cm³/mol. The Labute approximate surface area is 204 Å². The lowest BCUT2D eigenvalue weighted by molar-refractivity contribution is -0.122. The van der Waals surface area contributed by atoms with Crippen LogP contribution in [0.15, 0.2) is 38.5 Å². The van der Waals surface area contributed by atoms with Crippen LogP contribution in [0.4, 0.5) is 0 Å². The number of carbonyl (C=O) groups excluding carboxylic acids is 2. The zero-order chi connectivity index (χ0) is 23.9. The molecule has 0 bridgehead atoms. The molecule has 1 heterocycles. The molecule has 7 heteroatoms. The lowest BCUT2D eigenvalue weighted by Crippen LogP contribution is -2.41. The van der Waals surface area contributed by atoms with Crippen LogP contribution in [0.2, 0.25) is 0 Å². The van der Waals surface area contributed by atoms with Gasteiger partial charge in [-0.1, -0.05) is 51.9 Å². The Morgan fingerprint density at radius 2 is 2.00 bits per heavy atom. The van der Waals surface area contributed by atoms with Crippen molar-refractivity contribution in [2.45, 2.75) is 93.0 Å². The van der Waals surface area contributed by atoms with Crippen LogP contribution in [0.5, 0.6) is 0 Å². The van der Waals surface area contributed by atoms with Gasteiger partial charge in [-0.3, -0.25) is 9.59 Å². The quantitative estimate of drug-likeness (QED) is 0.219. The fourth-order valence-corrected chi connectivity index (χ4v) is 6.67. The van der Waals surface area contributed by atoms with Crippen LogP contribution in [-0.4, -0.2) is 34.4 Å². The van der Waals surface area contributed by atoms with Crippen LogP contribution in [-0.2, 0) is 9.59 Å². The normalized spacial score (nSPS) is 20.3. The Kier molecular flexibility index (Phi) is 10.8. The van der Waals surface area contributed by atoms with E-state index in [1.54, 1.807) is 11.8 Å². The van der Waals surface area contributed by atoms with Gasteiger partial charge in [0.15, 0.2) is 0 Å². The smallest absolute Gasteiger partial charge is 0.225 e. The molecule has 0 radical (unpaired) electrons. The number of fused-ring (bicyclic) bond motifs is 1. The molecule has 4 nitrogen and oxygen atoms in total. The summed E-state index contributed by atoms with van der Waals surface area (Å²) < 4.78 is 0. The van der Waals surface area contributed by atoms with E-state index < -0.39 is 5.28 Å². The van der Waals surface area contributed by atoms with Crippen LogP contribution in [0.3, 0.4) is 0 Å². The van der Waals surface area contributed by atoms with Crippen molar-refractivity contribution in [3.05, 3.63) is 34.2 Å². The third-order valence-electron chi connectivity index (χ3n) is 5.68. The molecule has 4 unspecified atom stereocenters. The highest BCUT2D eigenvalue weighted by atomic mass is 32.2. The Bertz CT molecular complexity index is 838. The lowest BCUT2D eigenvalue weighted by atomic mass is 9.97. The fraction of sp³-hybridized carbons (Fsp3) is 0.600. The van der Waals surface area contributed by atoms with Crippen molar-refractivity contribution in [1.29, 1.82) is 0 Å². The number of thioether (sulfide) groups is 2. The van der Waals surface area contributed by atoms with Gasteiger partial charge in [0.25, 0.3) is 0 Å². The first-order valence-electron chi connectivity index (χ1n) is 11.5. The predicted octanol–water partition coefficient (Wildman–Crippen LogP) is 6.14. The molecule has 0 saturated carbocycles. The van der Waals surface area contributed by atoms with Crippen LogP contribution in [0, 0.1) is 5.92 Å². The summed E-state index contributed by atoms with van der Waals surface area (Å²) in [6.45, 7) is 10.7. The molecule has 1 aliphatic rings. The summed E-state index contributed by atoms with van der Waals surface area (Å²) in [6, 6.07) is 6.48. The second kappa shape index (κ2) is 12.6. The van der Waals surface area contributed by atoms with Crippen LogP contribution >= 0.6 is 32.8 Å². The Morgan fingerprint density at radius 3 is 2.59 bits per heavy atom. The van der Waals surface area contributed by atoms with Crippen molar-refractivity contribution in [3.63, 3.8) is 0 Å². The number of aliphatic hydroxyl groups excluding tert-OH is 1. The molecule has 1 aliphatic heterocycles. The zero-order valence-corrected chi connectivity index (χ0v) is 22.7. The number of hydrogen-bond acceptors (Lipinski definition) is 5. The van der Waals surface area contributed by atoms with E-state index in [1.165, 1.54) is 17.3 Å². The van der Waals surface area contributed by atoms with E-state index in [2.05, 4.69) is 60.5 Å². The maximum Gasteiger partial charge on any atom is 0.225 e. The number of amides is 1. The maximum absolute atomic E-state index is 12.7. The minimum Gasteiger partial charge on any atom is -0.395 e. The first-order chi connectivity index (χ1) is 15.1. The summed E-state index contributed by atoms with van der Waals surface area (Å²) in [5.41, 5.74) is 1.76. The van der Waals surface area contributed by atoms with Gasteiger partial charge in [-0.15, -0.1) is 21.0 Å². The minimum absolute atomic E-state index is 0.0233. The largest absolute Gasteiger partial charge is 0.395 e. The van der Waals surface area contributed by atoms with Gasteiger partial charge in [-0.25, -0.2) is 0 Å². The first kappa shape index (κ1) is 27.4. The van der Waals surface area contributed by atoms with Gasteiger partial charge in [0.05, 0.1) is 23.6 Å². The number of aliphatic hydroxyl groups is 1. The molecule has 0 fully saturated rings. The van der Waals surface area contributed by atoms with Gasteiger partial charge in [-0.05, 0) is 55.7 Å². The average Bonchev–Trinajstić information content (AvgIpc) is 2.74. The second-order valence-corrected chi connectivity index (χ2v) is 13.0. The molecule has 2 N–H and O–H groups in total. The van der Waals surface area contributed by atoms with Gasteiger partial charge < -0.3 is 10.4 Å². The molecule has 0 spiro atoms. The van der Waals surface area contributed by atoms with E-state index >= 15 is 0 Å². The van der Waals surface area contributed by atoms with Gasteiger partial charge >= 0.3 is 0 Å². The van der Waals surface area contributed by atoms with Crippen LogP contribution < -0.4 is 5.32 Å². The monoisotopic (exact) mass is 495 g/mol. The first-order valence-corrected chi connectivity index (χ1v) is 13.7. The second-order valence-electron chi connectivity index (χ2n) is 9.37. The third kappa shape index (κ3) is 7.90. The highest BCUT2D eigenvalue weighted by Gasteiger charge is 2.29. The van der Waals surface area contributed by atoms with Crippen molar-refractivity contribution in [2.24, 2.45) is 5.92 Å². The molecule has 4 atom stereocenters. The number of aldehydes is 1. The van der Waals surface area contributed by atoms with Crippen LogP contribution in [0.25, 0.3) is 0 Å². The highest BCUT2D eigenvalue weighted by molar-refractivity contribution is 8.08. The van der Waals surface area contributed by atoms with E-state index in [9.17, 15) is 14.7 Å². The summed E-state index contributed by atoms with van der Waals surface area (Å²) in [5.74, 6) is 0.884. The Balaban J connectivity index is 2.20. The van der Waals surface area contributed by atoms with E-state index in [1.807, 2.05) is 6.92 Å². The number of nitrogens with one attached hydrogen (secondary N) is 1. The van der Waals surface area contributed by atoms with Gasteiger partial charge in [0.1, 0.15) is 6.29 Å². The molecule has 0 aliphatic carbocycles. The summed E-state index contributed by atoms with van der Waals surface area (Å²) >= 11 is 3.10. The molecule has 0 aromatic heterocycles. The Hall–Kier alpha value is -0.810. The van der Waals surface area contributed by atoms with Gasteiger partial charge in [0.2, 0.25) is 5.91 Å². The summed E-state index contributed by atoms with van der Waals surface area (Å²) in [5, 5.41) is 12.5. The number of hydrogen-bond donors (Lipinski definition) is 2. The molecule has 178 valence electrons. The highest BCUT2D eigenvalue weighted by Crippen LogP contribution is 2.49. The Morgan fingerprint density at radius 1 is 1.28 bits per heavy atom. The van der Waals surface area contributed by atoms with Crippen molar-refractivity contribution in [3.8, 4) is 0 Å². The summed E-state index contributed by atoms with van der Waals surface area (Å²) in [4.78, 5) is 27.7. The summed E-state index contributed by atoms with van der Waals surface area (Å²) in [6.07, 6.45) is 4.95. The average molecular weight is 496 g/mol. The molecular formula is C25H38NO3PS2. The van der Waals surface area contributed by atoms with Gasteiger partial charge in [0, 0.05) is 20.3 Å². The van der Waals surface area contributed by atoms with Gasteiger partial charge in [-0.2, -0.15) is 0 Å². The van der Waals surface area contributed by atoms with E-state index in [4.69, 9.17) is 0 Å². The van der Waals surface area contributed by atoms with Crippen LogP contribution in [0.1, 0.15) is 78.2 Å². The SMILES string of the molecule is CCCC(C)c1ccc2c(c1)SC(CO)/C(=C(/C=O)CC(=O)NC(C)(P)CCC(C)C)S2. The molecule has 1 aromatic carbocycles. The molecule has 1 aromatic rings. The topological polar surface area (TPSA) is 66.4 Å². The van der Waals surface area contributed by atoms with Crippen molar-refractivity contribution >= 4 is 45.0 Å². The fourth-order valence-electron chi connectivity index (χ4n) is 3.76. The number of rotatable bonds is 11. The van der Waals surface area contributed by atoms with Crippen molar-refractivity contribution in [2.75, 3.05) is 6.61 Å². The van der Waals surface area contributed by atoms with E-state index in [0.717, 1.165) is 46.7 Å². The van der Waals surface area contributed by atoms with E-state index in [-0.39, 0.29) is 24.2 Å². The summed E-state index contributed by atoms with van der Waals surface area (Å²) in [7, 11) is 2.73. The molecule has 0 saturated heterocycles. The molecule has 2 rings (SSSR count). The van der Waals surface area contributed by atoms with Crippen molar-refractivity contribution < 1.29 is 14.7 Å². The molecule has 1 amide bonds. The molecular weight excluding hydrogens is 457 g/mol. The third-order valence-corrected chi connectivity index (χ3v) is 9.00. The number of benzene rings is 1. The lowest BCUT2D eigenvalue weighted by Gasteiger charge is -2.29. The zero-order valence-electron chi connectivity index (χ0n) is 19.9. The molecule has 32 heavy (non-hydrogen) atoms. The maximum atomic E-state index is 12.7. The standard InChI is InChI=1S/C25H38NO3PS2/c1-6-7-17(4)18-8-9-20-21(12-18)31-22(15-28)24(32-20)19(14-27)13-23(29)26-25(5,30)11-10-16(2)3/h8-9,12,14,16-17,22,28H,6-7,10-11,13,15,30H2,1-5H3,(H,26,29)/b24-19-.